The topological polar surface area (TPSA) is 3.24 Å². The van der Waals surface area contributed by atoms with Crippen LogP contribution in [0.2, 0.25) is 0 Å². The molecule has 6 heteroatoms. The summed E-state index contributed by atoms with van der Waals surface area (Å²) >= 11 is 0. The van der Waals surface area contributed by atoms with Gasteiger partial charge >= 0.3 is 7.25 Å². The second-order valence-electron chi connectivity index (χ2n) is 8.35. The maximum atomic E-state index is 9.75. The number of halogens is 4. The van der Waals surface area contributed by atoms with Crippen LogP contribution in [0, 0.1) is 0 Å². The average Bonchev–Trinajstić information content (AvgIpc) is 2.90. The van der Waals surface area contributed by atoms with E-state index in [2.05, 4.69) is 138 Å². The van der Waals surface area contributed by atoms with E-state index < -0.39 is 7.25 Å². The van der Waals surface area contributed by atoms with E-state index in [1.807, 2.05) is 0 Å². The van der Waals surface area contributed by atoms with Crippen LogP contribution in [0.15, 0.2) is 133 Å². The van der Waals surface area contributed by atoms with Gasteiger partial charge < -0.3 is 22.2 Å². The average molecular weight is 486 g/mol. The lowest BCUT2D eigenvalue weighted by Gasteiger charge is -2.38. The van der Waals surface area contributed by atoms with Crippen LogP contribution in [-0.4, -0.2) is 12.2 Å². The molecule has 0 bridgehead atoms. The molecule has 1 aliphatic rings. The van der Waals surface area contributed by atoms with Gasteiger partial charge in [0.25, 0.3) is 0 Å². The molecule has 0 spiro atoms. The molecule has 0 saturated carbocycles. The Kier molecular flexibility index (Phi) is 8.06. The standard InChI is InChI=1S/C30H25N.BF4/c1-5-13-24(14-6-1)23-31-29(26-17-9-3-10-18-26)21-28(25-15-7-2-8-16-25)22-30(31)27-19-11-4-12-20-27;2-1(3,4)5/h1-22,29H,23H2;/q;-1. The van der Waals surface area contributed by atoms with Gasteiger partial charge in [0.15, 0.2) is 0 Å². The Balaban J connectivity index is 0.000000556. The molecule has 0 saturated heterocycles. The van der Waals surface area contributed by atoms with Crippen molar-refractivity contribution in [3.63, 3.8) is 0 Å². The first-order valence-electron chi connectivity index (χ1n) is 11.7. The highest BCUT2D eigenvalue weighted by Gasteiger charge is 2.26. The highest BCUT2D eigenvalue weighted by molar-refractivity contribution is 6.50. The van der Waals surface area contributed by atoms with Crippen LogP contribution >= 0.6 is 0 Å². The van der Waals surface area contributed by atoms with Crippen LogP contribution in [0.1, 0.15) is 28.3 Å². The van der Waals surface area contributed by atoms with Crippen molar-refractivity contribution in [2.24, 2.45) is 0 Å². The fourth-order valence-electron chi connectivity index (χ4n) is 4.25. The fraction of sp³-hybridized carbons (Fsp3) is 0.0667. The van der Waals surface area contributed by atoms with Gasteiger partial charge in [0.1, 0.15) is 0 Å². The van der Waals surface area contributed by atoms with Crippen molar-refractivity contribution >= 4 is 18.5 Å². The third-order valence-electron chi connectivity index (χ3n) is 5.79. The van der Waals surface area contributed by atoms with Crippen LogP contribution in [0.4, 0.5) is 17.3 Å². The van der Waals surface area contributed by atoms with Gasteiger partial charge in [-0.05, 0) is 40.0 Å². The lowest BCUT2D eigenvalue weighted by Crippen LogP contribution is -2.28. The van der Waals surface area contributed by atoms with Crippen molar-refractivity contribution in [3.8, 4) is 0 Å². The van der Waals surface area contributed by atoms with Gasteiger partial charge in [-0.25, -0.2) is 0 Å². The van der Waals surface area contributed by atoms with E-state index in [-0.39, 0.29) is 6.04 Å². The molecular weight excluding hydrogens is 461 g/mol. The SMILES string of the molecule is C1=C(c2ccccc2)C=C(c2ccccc2)N(Cc2ccccc2)C1c1ccccc1.F[B-](F)(F)F. The molecule has 4 aromatic carbocycles. The molecular formula is C30H25BF4N-. The summed E-state index contributed by atoms with van der Waals surface area (Å²) in [5, 5.41) is 0. The second-order valence-corrected chi connectivity index (χ2v) is 8.35. The van der Waals surface area contributed by atoms with Crippen LogP contribution in [0.5, 0.6) is 0 Å². The van der Waals surface area contributed by atoms with Gasteiger partial charge in [-0.3, -0.25) is 0 Å². The van der Waals surface area contributed by atoms with E-state index in [9.17, 15) is 17.3 Å². The third kappa shape index (κ3) is 6.98. The molecule has 0 aliphatic carbocycles. The van der Waals surface area contributed by atoms with Crippen molar-refractivity contribution in [1.29, 1.82) is 0 Å². The van der Waals surface area contributed by atoms with Gasteiger partial charge in [0.2, 0.25) is 0 Å². The highest BCUT2D eigenvalue weighted by Crippen LogP contribution is 2.40. The van der Waals surface area contributed by atoms with E-state index in [0.29, 0.717) is 0 Å². The summed E-state index contributed by atoms with van der Waals surface area (Å²) in [6, 6.07) is 43.1. The molecule has 1 heterocycles. The third-order valence-corrected chi connectivity index (χ3v) is 5.79. The molecule has 1 nitrogen and oxygen atoms in total. The number of hydrogen-bond acceptors (Lipinski definition) is 1. The van der Waals surface area contributed by atoms with Crippen molar-refractivity contribution in [2.45, 2.75) is 12.6 Å². The Hall–Kier alpha value is -4.06. The lowest BCUT2D eigenvalue weighted by molar-refractivity contribution is 0.335. The first-order chi connectivity index (χ1) is 17.4. The second kappa shape index (κ2) is 11.6. The number of rotatable bonds is 5. The summed E-state index contributed by atoms with van der Waals surface area (Å²) < 4.78 is 39.0. The molecule has 0 radical (unpaired) electrons. The van der Waals surface area contributed by atoms with Crippen LogP contribution in [-0.2, 0) is 6.54 Å². The minimum atomic E-state index is -6.00. The predicted octanol–water partition coefficient (Wildman–Crippen LogP) is 8.67. The fourth-order valence-corrected chi connectivity index (χ4v) is 4.25. The summed E-state index contributed by atoms with van der Waals surface area (Å²) in [6.07, 6.45) is 4.74. The monoisotopic (exact) mass is 486 g/mol. The molecule has 0 N–H and O–H groups in total. The Morgan fingerprint density at radius 3 is 1.56 bits per heavy atom. The molecule has 36 heavy (non-hydrogen) atoms. The Morgan fingerprint density at radius 1 is 0.583 bits per heavy atom. The molecule has 4 aromatic rings. The summed E-state index contributed by atoms with van der Waals surface area (Å²) in [6.45, 7) is 0.847. The molecule has 1 aliphatic heterocycles. The normalized spacial score (nSPS) is 15.3. The van der Waals surface area contributed by atoms with Gasteiger partial charge in [-0.2, -0.15) is 0 Å². The van der Waals surface area contributed by atoms with E-state index in [1.165, 1.54) is 33.5 Å². The number of nitrogens with zero attached hydrogens (tertiary/aromatic N) is 1. The molecule has 1 unspecified atom stereocenters. The number of benzene rings is 4. The zero-order chi connectivity index (χ0) is 25.4. The number of allylic oxidation sites excluding steroid dienone is 2. The minimum Gasteiger partial charge on any atom is -0.418 e. The summed E-state index contributed by atoms with van der Waals surface area (Å²) in [7, 11) is -6.00. The van der Waals surface area contributed by atoms with Gasteiger partial charge in [-0.1, -0.05) is 121 Å². The van der Waals surface area contributed by atoms with E-state index >= 15 is 0 Å². The largest absolute Gasteiger partial charge is 0.673 e. The predicted molar refractivity (Wildman–Crippen MR) is 140 cm³/mol. The summed E-state index contributed by atoms with van der Waals surface area (Å²) in [5.41, 5.74) is 7.60. The maximum absolute atomic E-state index is 9.75. The molecule has 1 atom stereocenters. The Morgan fingerprint density at radius 2 is 1.03 bits per heavy atom. The van der Waals surface area contributed by atoms with Gasteiger partial charge in [0.05, 0.1) is 6.04 Å². The summed E-state index contributed by atoms with van der Waals surface area (Å²) in [4.78, 5) is 2.52. The smallest absolute Gasteiger partial charge is 0.418 e. The van der Waals surface area contributed by atoms with Crippen LogP contribution in [0.3, 0.4) is 0 Å². The molecule has 0 amide bonds. The van der Waals surface area contributed by atoms with Crippen molar-refractivity contribution in [3.05, 3.63) is 156 Å². The molecule has 182 valence electrons. The number of hydrogen-bond donors (Lipinski definition) is 0. The van der Waals surface area contributed by atoms with Crippen molar-refractivity contribution in [1.82, 2.24) is 4.90 Å². The first kappa shape index (κ1) is 25.1. The Bertz CT molecular complexity index is 1280. The van der Waals surface area contributed by atoms with Crippen LogP contribution in [0.25, 0.3) is 11.3 Å². The molecule has 0 aromatic heterocycles. The quantitative estimate of drug-likeness (QED) is 0.202. The van der Waals surface area contributed by atoms with Crippen molar-refractivity contribution < 1.29 is 17.3 Å². The highest BCUT2D eigenvalue weighted by atomic mass is 19.5. The zero-order valence-corrected chi connectivity index (χ0v) is 19.5. The van der Waals surface area contributed by atoms with E-state index in [1.54, 1.807) is 0 Å². The molecule has 0 fully saturated rings. The molecule has 5 rings (SSSR count). The lowest BCUT2D eigenvalue weighted by atomic mass is 9.91. The first-order valence-corrected chi connectivity index (χ1v) is 11.7. The summed E-state index contributed by atoms with van der Waals surface area (Å²) in [5.74, 6) is 0. The van der Waals surface area contributed by atoms with Gasteiger partial charge in [0, 0.05) is 12.2 Å². The Labute approximate surface area is 209 Å². The van der Waals surface area contributed by atoms with E-state index in [0.717, 1.165) is 6.54 Å². The van der Waals surface area contributed by atoms with E-state index in [4.69, 9.17) is 0 Å². The maximum Gasteiger partial charge on any atom is 0.673 e. The minimum absolute atomic E-state index is 0.150. The van der Waals surface area contributed by atoms with Crippen molar-refractivity contribution in [2.75, 3.05) is 0 Å². The van der Waals surface area contributed by atoms with Crippen LogP contribution < -0.4 is 0 Å². The van der Waals surface area contributed by atoms with Gasteiger partial charge in [-0.15, -0.1) is 0 Å². The zero-order valence-electron chi connectivity index (χ0n) is 19.5.